The van der Waals surface area contributed by atoms with Crippen molar-refractivity contribution in [1.82, 2.24) is 0 Å². The van der Waals surface area contributed by atoms with Crippen molar-refractivity contribution in [3.05, 3.63) is 83.4 Å². The molecule has 126 valence electrons. The van der Waals surface area contributed by atoms with Crippen LogP contribution in [0.4, 0.5) is 0 Å². The largest absolute Gasteiger partial charge is 0.197 e. The van der Waals surface area contributed by atoms with E-state index in [0.29, 0.717) is 12.0 Å². The molecule has 3 heteroatoms. The molecule has 0 aromatic heterocycles. The van der Waals surface area contributed by atoms with Crippen molar-refractivity contribution in [2.75, 3.05) is 0 Å². The van der Waals surface area contributed by atoms with Gasteiger partial charge in [-0.1, -0.05) is 72.7 Å². The average molecular weight is 345 g/mol. The Labute approximate surface area is 158 Å². The summed E-state index contributed by atoms with van der Waals surface area (Å²) in [6.07, 6.45) is 0.562. The molecule has 0 amide bonds. The predicted molar refractivity (Wildman–Crippen MR) is 104 cm³/mol. The van der Waals surface area contributed by atoms with Crippen LogP contribution in [0.2, 0.25) is 0 Å². The van der Waals surface area contributed by atoms with Crippen LogP contribution in [0.15, 0.2) is 66.7 Å². The molecule has 0 saturated heterocycles. The molecule has 27 heavy (non-hydrogen) atoms. The molecule has 0 heterocycles. The van der Waals surface area contributed by atoms with Crippen LogP contribution in [0.25, 0.3) is 10.8 Å². The Hall–Kier alpha value is -4.05. The van der Waals surface area contributed by atoms with Crippen LogP contribution in [0.5, 0.6) is 0 Å². The second-order valence-electron chi connectivity index (χ2n) is 6.15. The molecular weight excluding hydrogens is 330 g/mol. The van der Waals surface area contributed by atoms with E-state index in [1.54, 1.807) is 6.07 Å². The van der Waals surface area contributed by atoms with E-state index in [2.05, 4.69) is 24.0 Å². The van der Waals surface area contributed by atoms with Crippen LogP contribution in [0, 0.1) is 51.8 Å². The van der Waals surface area contributed by atoms with Crippen molar-refractivity contribution >= 4 is 10.8 Å². The molecule has 3 aromatic carbocycles. The molecule has 0 spiro atoms. The quantitative estimate of drug-likeness (QED) is 0.643. The first-order valence-electron chi connectivity index (χ1n) is 8.53. The van der Waals surface area contributed by atoms with E-state index in [-0.39, 0.29) is 5.92 Å². The number of nitrogens with zero attached hydrogens (tertiary/aromatic N) is 3. The molecule has 0 aliphatic heterocycles. The lowest BCUT2D eigenvalue weighted by Crippen LogP contribution is -2.15. The van der Waals surface area contributed by atoms with E-state index in [1.165, 1.54) is 0 Å². The maximum atomic E-state index is 9.84. The van der Waals surface area contributed by atoms with Crippen LogP contribution in [0.3, 0.4) is 0 Å². The lowest BCUT2D eigenvalue weighted by molar-refractivity contribution is 0.612. The first kappa shape index (κ1) is 17.8. The highest BCUT2D eigenvalue weighted by molar-refractivity contribution is 5.89. The van der Waals surface area contributed by atoms with Gasteiger partial charge in [-0.05, 0) is 28.3 Å². The van der Waals surface area contributed by atoms with Crippen molar-refractivity contribution in [3.8, 4) is 30.0 Å². The molecule has 0 N–H and O–H groups in total. The Morgan fingerprint density at radius 2 is 1.56 bits per heavy atom. The third-order valence-electron chi connectivity index (χ3n) is 4.60. The zero-order chi connectivity index (χ0) is 19.1. The predicted octanol–water partition coefficient (Wildman–Crippen LogP) is 4.70. The minimum Gasteiger partial charge on any atom is -0.197 e. The molecule has 0 radical (unpaired) electrons. The highest BCUT2D eigenvalue weighted by atomic mass is 14.3. The number of rotatable bonds is 4. The maximum absolute atomic E-state index is 9.84. The number of hydrogen-bond acceptors (Lipinski definition) is 3. The molecule has 3 aromatic rings. The van der Waals surface area contributed by atoms with Crippen LogP contribution in [0.1, 0.15) is 22.6 Å². The van der Waals surface area contributed by atoms with Gasteiger partial charge in [0.25, 0.3) is 0 Å². The van der Waals surface area contributed by atoms with Crippen LogP contribution in [-0.4, -0.2) is 0 Å². The molecule has 0 fully saturated rings. The van der Waals surface area contributed by atoms with Gasteiger partial charge >= 0.3 is 0 Å². The number of nitriles is 3. The summed E-state index contributed by atoms with van der Waals surface area (Å²) < 4.78 is 0. The molecule has 0 saturated carbocycles. The monoisotopic (exact) mass is 345 g/mol. The number of fused-ring (bicyclic) bond motifs is 1. The lowest BCUT2D eigenvalue weighted by atomic mass is 9.79. The molecule has 3 nitrogen and oxygen atoms in total. The second-order valence-corrected chi connectivity index (χ2v) is 6.15. The van der Waals surface area contributed by atoms with Crippen molar-refractivity contribution < 1.29 is 0 Å². The van der Waals surface area contributed by atoms with Gasteiger partial charge in [-0.3, -0.25) is 0 Å². The zero-order valence-corrected chi connectivity index (χ0v) is 14.6. The topological polar surface area (TPSA) is 71.4 Å². The summed E-state index contributed by atoms with van der Waals surface area (Å²) in [4.78, 5) is 0. The molecule has 0 bridgehead atoms. The van der Waals surface area contributed by atoms with Gasteiger partial charge in [0.15, 0.2) is 6.07 Å². The number of hydrogen-bond donors (Lipinski definition) is 0. The molecule has 3 rings (SSSR count). The summed E-state index contributed by atoms with van der Waals surface area (Å²) in [6, 6.07) is 27.7. The highest BCUT2D eigenvalue weighted by Crippen LogP contribution is 2.34. The fourth-order valence-corrected chi connectivity index (χ4v) is 3.33. The van der Waals surface area contributed by atoms with Gasteiger partial charge in [-0.15, -0.1) is 0 Å². The summed E-state index contributed by atoms with van der Waals surface area (Å²) in [5, 5.41) is 30.2. The minimum absolute atomic E-state index is 0.308. The summed E-state index contributed by atoms with van der Waals surface area (Å²) in [5.41, 5.74) is 2.41. The highest BCUT2D eigenvalue weighted by Gasteiger charge is 2.25. The van der Waals surface area contributed by atoms with E-state index in [0.717, 1.165) is 21.9 Å². The van der Waals surface area contributed by atoms with Crippen molar-refractivity contribution in [2.24, 2.45) is 5.92 Å². The SMILES string of the molecule is N#CC#CC(C#N)C(Cc1ccccc1)c1ccc2ccccc2c1C#N. The van der Waals surface area contributed by atoms with Crippen molar-refractivity contribution in [3.63, 3.8) is 0 Å². The molecule has 2 atom stereocenters. The van der Waals surface area contributed by atoms with E-state index in [9.17, 15) is 10.5 Å². The fraction of sp³-hybridized carbons (Fsp3) is 0.125. The molecule has 0 aliphatic carbocycles. The third-order valence-corrected chi connectivity index (χ3v) is 4.60. The van der Waals surface area contributed by atoms with Gasteiger partial charge in [0.2, 0.25) is 0 Å². The second kappa shape index (κ2) is 8.36. The third kappa shape index (κ3) is 3.80. The minimum atomic E-state index is -0.682. The Balaban J connectivity index is 2.18. The van der Waals surface area contributed by atoms with E-state index in [1.807, 2.05) is 66.7 Å². The Kier molecular flexibility index (Phi) is 5.50. The lowest BCUT2D eigenvalue weighted by Gasteiger charge is -2.21. The van der Waals surface area contributed by atoms with Gasteiger partial charge in [0.1, 0.15) is 12.0 Å². The van der Waals surface area contributed by atoms with Crippen LogP contribution >= 0.6 is 0 Å². The van der Waals surface area contributed by atoms with Crippen molar-refractivity contribution in [1.29, 1.82) is 15.8 Å². The molecule has 2 unspecified atom stereocenters. The fourth-order valence-electron chi connectivity index (χ4n) is 3.33. The normalized spacial score (nSPS) is 11.9. The van der Waals surface area contributed by atoms with Gasteiger partial charge in [0, 0.05) is 11.8 Å². The van der Waals surface area contributed by atoms with Gasteiger partial charge < -0.3 is 0 Å². The van der Waals surface area contributed by atoms with E-state index in [4.69, 9.17) is 5.26 Å². The van der Waals surface area contributed by atoms with E-state index >= 15 is 0 Å². The van der Waals surface area contributed by atoms with Gasteiger partial charge in [-0.25, -0.2) is 0 Å². The first-order valence-corrected chi connectivity index (χ1v) is 8.53. The van der Waals surface area contributed by atoms with Crippen LogP contribution < -0.4 is 0 Å². The van der Waals surface area contributed by atoms with E-state index < -0.39 is 5.92 Å². The Morgan fingerprint density at radius 3 is 2.26 bits per heavy atom. The number of benzene rings is 3. The first-order chi connectivity index (χ1) is 13.3. The summed E-state index contributed by atoms with van der Waals surface area (Å²) in [6.45, 7) is 0. The molecule has 0 aliphatic rings. The van der Waals surface area contributed by atoms with Gasteiger partial charge in [-0.2, -0.15) is 15.8 Å². The smallest absolute Gasteiger partial charge is 0.152 e. The summed E-state index contributed by atoms with van der Waals surface area (Å²) >= 11 is 0. The van der Waals surface area contributed by atoms with Gasteiger partial charge in [0.05, 0.1) is 11.6 Å². The maximum Gasteiger partial charge on any atom is 0.152 e. The zero-order valence-electron chi connectivity index (χ0n) is 14.6. The summed E-state index contributed by atoms with van der Waals surface area (Å²) in [7, 11) is 0. The Morgan fingerprint density at radius 1 is 0.815 bits per heavy atom. The molecular formula is C24H15N3. The Bertz CT molecular complexity index is 1150. The summed E-state index contributed by atoms with van der Waals surface area (Å²) in [5.74, 6) is 4.13. The average Bonchev–Trinajstić information content (AvgIpc) is 2.73. The van der Waals surface area contributed by atoms with Crippen molar-refractivity contribution in [2.45, 2.75) is 12.3 Å². The van der Waals surface area contributed by atoms with Crippen LogP contribution in [-0.2, 0) is 6.42 Å². The standard InChI is InChI=1S/C24H15N3/c25-14-6-10-20(16-26)23(15-18-7-2-1-3-8-18)22-13-12-19-9-4-5-11-21(19)24(22)17-27/h1-5,7-9,11-13,20,23H,15H2.